The Balaban J connectivity index is 1.81. The van der Waals surface area contributed by atoms with Crippen molar-refractivity contribution in [2.75, 3.05) is 13.1 Å². The van der Waals surface area contributed by atoms with Gasteiger partial charge >= 0.3 is 5.69 Å². The molecule has 1 amide bonds. The molecule has 152 valence electrons. The molecular weight excluding hydrogens is 393 g/mol. The molecule has 1 saturated heterocycles. The number of amides is 1. The van der Waals surface area contributed by atoms with Gasteiger partial charge in [0.2, 0.25) is 5.91 Å². The van der Waals surface area contributed by atoms with Crippen LogP contribution in [0.1, 0.15) is 25.3 Å². The zero-order valence-electron chi connectivity index (χ0n) is 16.4. The van der Waals surface area contributed by atoms with Crippen LogP contribution >= 0.6 is 11.3 Å². The van der Waals surface area contributed by atoms with Crippen LogP contribution in [0.25, 0.3) is 15.9 Å². The Morgan fingerprint density at radius 3 is 2.62 bits per heavy atom. The van der Waals surface area contributed by atoms with E-state index in [4.69, 9.17) is 0 Å². The van der Waals surface area contributed by atoms with Crippen molar-refractivity contribution >= 4 is 27.5 Å². The highest BCUT2D eigenvalue weighted by atomic mass is 32.1. The zero-order chi connectivity index (χ0) is 20.7. The predicted octanol–water partition coefficient (Wildman–Crippen LogP) is 2.92. The first kappa shape index (κ1) is 19.6. The fourth-order valence-electron chi connectivity index (χ4n) is 3.68. The van der Waals surface area contributed by atoms with Gasteiger partial charge in [0.1, 0.15) is 17.1 Å². The summed E-state index contributed by atoms with van der Waals surface area (Å²) in [5, 5.41) is 1.72. The molecule has 0 bridgehead atoms. The van der Waals surface area contributed by atoms with Crippen LogP contribution in [0, 0.1) is 18.7 Å². The molecule has 0 spiro atoms. The standard InChI is InChI=1S/C21H22FN3O3S/c1-13-5-8-23(9-6-13)18(26)12-24-17-7-10-29-19(17)20(27)25(21(24)28)15-4-3-14(2)16(22)11-15/h3-4,7,10-11,13H,5-6,8-9,12H2,1-2H3. The third kappa shape index (κ3) is 3.53. The van der Waals surface area contributed by atoms with E-state index in [1.165, 1.54) is 28.0 Å². The number of halogens is 1. The summed E-state index contributed by atoms with van der Waals surface area (Å²) in [6.45, 7) is 4.97. The van der Waals surface area contributed by atoms with Crippen LogP contribution in [0.15, 0.2) is 39.2 Å². The van der Waals surface area contributed by atoms with Crippen molar-refractivity contribution < 1.29 is 9.18 Å². The van der Waals surface area contributed by atoms with Gasteiger partial charge in [0.05, 0.1) is 11.2 Å². The summed E-state index contributed by atoms with van der Waals surface area (Å²) < 4.78 is 16.7. The Kier molecular flexibility index (Phi) is 5.12. The van der Waals surface area contributed by atoms with Gasteiger partial charge in [-0.1, -0.05) is 13.0 Å². The second kappa shape index (κ2) is 7.59. The number of thiophene rings is 1. The molecule has 29 heavy (non-hydrogen) atoms. The monoisotopic (exact) mass is 415 g/mol. The molecule has 4 rings (SSSR count). The van der Waals surface area contributed by atoms with E-state index in [2.05, 4.69) is 6.92 Å². The van der Waals surface area contributed by atoms with E-state index >= 15 is 0 Å². The molecule has 1 aliphatic heterocycles. The van der Waals surface area contributed by atoms with Gasteiger partial charge in [-0.25, -0.2) is 13.8 Å². The highest BCUT2D eigenvalue weighted by molar-refractivity contribution is 7.17. The average Bonchev–Trinajstić information content (AvgIpc) is 3.18. The molecule has 0 radical (unpaired) electrons. The molecule has 3 heterocycles. The predicted molar refractivity (Wildman–Crippen MR) is 111 cm³/mol. The van der Waals surface area contributed by atoms with Crippen LogP contribution < -0.4 is 11.2 Å². The number of aromatic nitrogens is 2. The average molecular weight is 415 g/mol. The van der Waals surface area contributed by atoms with Gasteiger partial charge in [0, 0.05) is 13.1 Å². The minimum Gasteiger partial charge on any atom is -0.341 e. The quantitative estimate of drug-likeness (QED) is 0.661. The third-order valence-corrected chi connectivity index (χ3v) is 6.49. The van der Waals surface area contributed by atoms with Crippen LogP contribution in [0.2, 0.25) is 0 Å². The summed E-state index contributed by atoms with van der Waals surface area (Å²) in [7, 11) is 0. The molecule has 1 aliphatic rings. The zero-order valence-corrected chi connectivity index (χ0v) is 17.2. The summed E-state index contributed by atoms with van der Waals surface area (Å²) in [4.78, 5) is 40.7. The lowest BCUT2D eigenvalue weighted by molar-refractivity contribution is -0.133. The number of hydrogen-bond acceptors (Lipinski definition) is 4. The number of carbonyl (C=O) groups excluding carboxylic acids is 1. The Morgan fingerprint density at radius 1 is 1.21 bits per heavy atom. The highest BCUT2D eigenvalue weighted by Crippen LogP contribution is 2.19. The van der Waals surface area contributed by atoms with Gasteiger partial charge in [-0.15, -0.1) is 11.3 Å². The van der Waals surface area contributed by atoms with Gasteiger partial charge < -0.3 is 4.90 Å². The number of carbonyl (C=O) groups is 1. The van der Waals surface area contributed by atoms with E-state index in [0.29, 0.717) is 34.8 Å². The maximum atomic E-state index is 14.1. The van der Waals surface area contributed by atoms with Crippen LogP contribution in [0.4, 0.5) is 4.39 Å². The van der Waals surface area contributed by atoms with Crippen molar-refractivity contribution in [3.63, 3.8) is 0 Å². The molecule has 8 heteroatoms. The first-order valence-corrected chi connectivity index (χ1v) is 10.5. The highest BCUT2D eigenvalue weighted by Gasteiger charge is 2.23. The van der Waals surface area contributed by atoms with Crippen molar-refractivity contribution in [3.05, 3.63) is 61.9 Å². The number of hydrogen-bond donors (Lipinski definition) is 0. The van der Waals surface area contributed by atoms with E-state index in [9.17, 15) is 18.8 Å². The van der Waals surface area contributed by atoms with Gasteiger partial charge in [0.25, 0.3) is 5.56 Å². The number of benzene rings is 1. The summed E-state index contributed by atoms with van der Waals surface area (Å²) in [5.74, 6) is -0.0550. The second-order valence-electron chi connectivity index (χ2n) is 7.64. The van der Waals surface area contributed by atoms with E-state index in [1.807, 2.05) is 0 Å². The third-order valence-electron chi connectivity index (χ3n) is 5.60. The number of piperidine rings is 1. The molecule has 2 aromatic heterocycles. The maximum absolute atomic E-state index is 14.1. The summed E-state index contributed by atoms with van der Waals surface area (Å²) in [5.41, 5.74) is -0.116. The van der Waals surface area contributed by atoms with Crippen molar-refractivity contribution in [2.24, 2.45) is 5.92 Å². The number of aryl methyl sites for hydroxylation is 1. The van der Waals surface area contributed by atoms with Crippen molar-refractivity contribution in [2.45, 2.75) is 33.2 Å². The number of nitrogens with zero attached hydrogens (tertiary/aromatic N) is 3. The number of fused-ring (bicyclic) bond motifs is 1. The topological polar surface area (TPSA) is 64.3 Å². The molecule has 3 aromatic rings. The van der Waals surface area contributed by atoms with Gasteiger partial charge in [-0.2, -0.15) is 0 Å². The molecule has 1 aromatic carbocycles. The number of rotatable bonds is 3. The van der Waals surface area contributed by atoms with E-state index in [0.717, 1.165) is 17.4 Å². The molecule has 0 N–H and O–H groups in total. The molecule has 1 fully saturated rings. The SMILES string of the molecule is Cc1ccc(-n2c(=O)c3sccc3n(CC(=O)N3CCC(C)CC3)c2=O)cc1F. The Labute approximate surface area is 170 Å². The minimum atomic E-state index is -0.636. The van der Waals surface area contributed by atoms with Crippen molar-refractivity contribution in [1.82, 2.24) is 14.0 Å². The molecular formula is C21H22FN3O3S. The molecule has 0 unspecified atom stereocenters. The summed E-state index contributed by atoms with van der Waals surface area (Å²) >= 11 is 1.20. The second-order valence-corrected chi connectivity index (χ2v) is 8.56. The fourth-order valence-corrected chi connectivity index (χ4v) is 4.51. The van der Waals surface area contributed by atoms with Gasteiger partial charge in [-0.05, 0) is 54.8 Å². The van der Waals surface area contributed by atoms with Crippen LogP contribution in [-0.4, -0.2) is 33.0 Å². The van der Waals surface area contributed by atoms with E-state index in [1.54, 1.807) is 29.3 Å². The Bertz CT molecular complexity index is 1200. The first-order valence-electron chi connectivity index (χ1n) is 9.64. The minimum absolute atomic E-state index is 0.144. The van der Waals surface area contributed by atoms with Crippen LogP contribution in [-0.2, 0) is 11.3 Å². The molecule has 0 saturated carbocycles. The molecule has 6 nitrogen and oxygen atoms in total. The summed E-state index contributed by atoms with van der Waals surface area (Å²) in [6, 6.07) is 5.92. The lowest BCUT2D eigenvalue weighted by Gasteiger charge is -2.30. The largest absolute Gasteiger partial charge is 0.341 e. The van der Waals surface area contributed by atoms with Gasteiger partial charge in [-0.3, -0.25) is 14.2 Å². The lowest BCUT2D eigenvalue weighted by Crippen LogP contribution is -2.44. The fraction of sp³-hybridized carbons (Fsp3) is 0.381. The maximum Gasteiger partial charge on any atom is 0.336 e. The molecule has 0 atom stereocenters. The van der Waals surface area contributed by atoms with E-state index < -0.39 is 17.1 Å². The van der Waals surface area contributed by atoms with Crippen molar-refractivity contribution in [1.29, 1.82) is 0 Å². The van der Waals surface area contributed by atoms with Gasteiger partial charge in [0.15, 0.2) is 0 Å². The van der Waals surface area contributed by atoms with Crippen LogP contribution in [0.5, 0.6) is 0 Å². The lowest BCUT2D eigenvalue weighted by atomic mass is 9.99. The molecule has 0 aliphatic carbocycles. The smallest absolute Gasteiger partial charge is 0.336 e. The van der Waals surface area contributed by atoms with E-state index in [-0.39, 0.29) is 18.1 Å². The summed E-state index contributed by atoms with van der Waals surface area (Å²) in [6.07, 6.45) is 1.88. The van der Waals surface area contributed by atoms with Crippen molar-refractivity contribution in [3.8, 4) is 5.69 Å². The Hall–Kier alpha value is -2.74. The first-order chi connectivity index (χ1) is 13.9. The Morgan fingerprint density at radius 2 is 1.93 bits per heavy atom. The number of likely N-dealkylation sites (tertiary alicyclic amines) is 1. The van der Waals surface area contributed by atoms with Crippen LogP contribution in [0.3, 0.4) is 0 Å². The normalized spacial score (nSPS) is 15.2.